The second-order valence-corrected chi connectivity index (χ2v) is 5.39. The van der Waals surface area contributed by atoms with E-state index in [-0.39, 0.29) is 33.5 Å². The highest BCUT2D eigenvalue weighted by Crippen LogP contribution is 2.36. The highest BCUT2D eigenvalue weighted by molar-refractivity contribution is 9.10. The number of Topliss-reactive ketones (excluding diaryl/α,β-unsaturated/α-hetero) is 1. The Morgan fingerprint density at radius 2 is 1.94 bits per heavy atom. The Labute approximate surface area is 119 Å². The first kappa shape index (κ1) is 14.2. The molecule has 2 rings (SSSR count). The van der Waals surface area contributed by atoms with Crippen LogP contribution in [0.25, 0.3) is 0 Å². The number of alkyl halides is 1. The Morgan fingerprint density at radius 1 is 1.25 bits per heavy atom. The van der Waals surface area contributed by atoms with E-state index in [1.165, 1.54) is 0 Å². The second-order valence-electron chi connectivity index (χ2n) is 3.87. The molecule has 4 heteroatoms. The van der Waals surface area contributed by atoms with Crippen LogP contribution in [0.2, 0.25) is 5.02 Å². The topological polar surface area (TPSA) is 17.1 Å². The van der Waals surface area contributed by atoms with Crippen molar-refractivity contribution in [2.45, 2.75) is 30.0 Å². The molecule has 0 amide bonds. The van der Waals surface area contributed by atoms with E-state index >= 15 is 0 Å². The van der Waals surface area contributed by atoms with Crippen LogP contribution >= 0.6 is 44.5 Å². The predicted molar refractivity (Wildman–Crippen MR) is 76.1 cm³/mol. The van der Waals surface area contributed by atoms with Gasteiger partial charge in [0.25, 0.3) is 0 Å². The van der Waals surface area contributed by atoms with Crippen molar-refractivity contribution in [3.05, 3.63) is 34.9 Å². The van der Waals surface area contributed by atoms with Gasteiger partial charge in [-0.2, -0.15) is 0 Å². The van der Waals surface area contributed by atoms with Crippen LogP contribution in [0.3, 0.4) is 0 Å². The van der Waals surface area contributed by atoms with Gasteiger partial charge in [0.2, 0.25) is 0 Å². The molecule has 0 saturated heterocycles. The third-order valence-corrected chi connectivity index (χ3v) is 4.14. The summed E-state index contributed by atoms with van der Waals surface area (Å²) in [5, 5.41) is 0.706. The molecule has 1 aliphatic rings. The van der Waals surface area contributed by atoms with Crippen LogP contribution in [-0.2, 0) is 4.79 Å². The minimum Gasteiger partial charge on any atom is -0.298 e. The van der Waals surface area contributed by atoms with E-state index in [1.54, 1.807) is 0 Å². The SMILES string of the molecule is Br.O=C1C(Br)CCCC1c1ccccc1Cl. The molecule has 1 saturated carbocycles. The molecule has 2 atom stereocenters. The van der Waals surface area contributed by atoms with Crippen molar-refractivity contribution < 1.29 is 4.79 Å². The Balaban J connectivity index is 0.00000128. The summed E-state index contributed by atoms with van der Waals surface area (Å²) in [5.74, 6) is 0.256. The van der Waals surface area contributed by atoms with Gasteiger partial charge in [-0.3, -0.25) is 4.79 Å². The zero-order valence-corrected chi connectivity index (χ0v) is 12.7. The molecular formula is C12H13Br2ClO. The van der Waals surface area contributed by atoms with Gasteiger partial charge in [0.15, 0.2) is 5.78 Å². The van der Waals surface area contributed by atoms with E-state index < -0.39 is 0 Å². The fraction of sp³-hybridized carbons (Fsp3) is 0.417. The molecule has 88 valence electrons. The molecule has 0 aromatic heterocycles. The summed E-state index contributed by atoms with van der Waals surface area (Å²) in [4.78, 5) is 12.0. The number of rotatable bonds is 1. The Kier molecular flexibility index (Phi) is 5.48. The molecule has 1 aliphatic carbocycles. The first-order chi connectivity index (χ1) is 7.20. The highest BCUT2D eigenvalue weighted by atomic mass is 79.9. The number of benzene rings is 1. The lowest BCUT2D eigenvalue weighted by molar-refractivity contribution is -0.121. The number of carbonyl (C=O) groups is 1. The van der Waals surface area contributed by atoms with Gasteiger partial charge in [-0.1, -0.05) is 52.2 Å². The maximum absolute atomic E-state index is 12.0. The van der Waals surface area contributed by atoms with Crippen LogP contribution in [0.1, 0.15) is 30.7 Å². The third kappa shape index (κ3) is 2.88. The molecule has 0 aliphatic heterocycles. The number of carbonyl (C=O) groups excluding carboxylic acids is 1. The lowest BCUT2D eigenvalue weighted by atomic mass is 9.83. The lowest BCUT2D eigenvalue weighted by Crippen LogP contribution is -2.27. The van der Waals surface area contributed by atoms with E-state index in [0.717, 1.165) is 24.8 Å². The van der Waals surface area contributed by atoms with Gasteiger partial charge in [-0.15, -0.1) is 17.0 Å². The van der Waals surface area contributed by atoms with Crippen molar-refractivity contribution in [2.24, 2.45) is 0 Å². The molecule has 1 fully saturated rings. The summed E-state index contributed by atoms with van der Waals surface area (Å²) < 4.78 is 0. The van der Waals surface area contributed by atoms with Gasteiger partial charge in [-0.05, 0) is 24.5 Å². The third-order valence-electron chi connectivity index (χ3n) is 2.88. The molecule has 1 aromatic carbocycles. The van der Waals surface area contributed by atoms with E-state index in [2.05, 4.69) is 15.9 Å². The average Bonchev–Trinajstić information content (AvgIpc) is 2.23. The first-order valence-electron chi connectivity index (χ1n) is 5.12. The van der Waals surface area contributed by atoms with Crippen molar-refractivity contribution >= 4 is 50.3 Å². The molecule has 1 aromatic rings. The zero-order chi connectivity index (χ0) is 10.8. The smallest absolute Gasteiger partial charge is 0.153 e. The Bertz CT molecular complexity index is 381. The minimum atomic E-state index is -0.0168. The lowest BCUT2D eigenvalue weighted by Gasteiger charge is -2.25. The average molecular weight is 368 g/mol. The number of hydrogen-bond donors (Lipinski definition) is 0. The first-order valence-corrected chi connectivity index (χ1v) is 6.41. The second kappa shape index (κ2) is 6.18. The van der Waals surface area contributed by atoms with Crippen molar-refractivity contribution in [3.63, 3.8) is 0 Å². The molecule has 0 radical (unpaired) electrons. The van der Waals surface area contributed by atoms with Crippen LogP contribution < -0.4 is 0 Å². The minimum absolute atomic E-state index is 0. The Hall–Kier alpha value is 0.140. The van der Waals surface area contributed by atoms with Crippen LogP contribution in [-0.4, -0.2) is 10.6 Å². The standard InChI is InChI=1S/C12H12BrClO.BrH/c13-10-6-3-5-9(12(10)15)8-4-1-2-7-11(8)14;/h1-2,4,7,9-10H,3,5-6H2;1H. The largest absolute Gasteiger partial charge is 0.298 e. The quantitative estimate of drug-likeness (QED) is 0.666. The van der Waals surface area contributed by atoms with Crippen LogP contribution in [0.4, 0.5) is 0 Å². The summed E-state index contributed by atoms with van der Waals surface area (Å²) in [6.07, 6.45) is 2.95. The van der Waals surface area contributed by atoms with Gasteiger partial charge in [0.1, 0.15) is 0 Å². The monoisotopic (exact) mass is 366 g/mol. The molecule has 0 N–H and O–H groups in total. The molecule has 0 heterocycles. The molecule has 16 heavy (non-hydrogen) atoms. The van der Waals surface area contributed by atoms with Crippen molar-refractivity contribution in [3.8, 4) is 0 Å². The molecular weight excluding hydrogens is 355 g/mol. The van der Waals surface area contributed by atoms with Gasteiger partial charge >= 0.3 is 0 Å². The van der Waals surface area contributed by atoms with Gasteiger partial charge in [0.05, 0.1) is 4.83 Å². The summed E-state index contributed by atoms with van der Waals surface area (Å²) >= 11 is 9.53. The summed E-state index contributed by atoms with van der Waals surface area (Å²) in [5.41, 5.74) is 0.980. The molecule has 0 spiro atoms. The van der Waals surface area contributed by atoms with Crippen LogP contribution in [0.5, 0.6) is 0 Å². The summed E-state index contributed by atoms with van der Waals surface area (Å²) in [6, 6.07) is 7.63. The van der Waals surface area contributed by atoms with Crippen LogP contribution in [0, 0.1) is 0 Å². The fourth-order valence-electron chi connectivity index (χ4n) is 2.07. The van der Waals surface area contributed by atoms with E-state index in [1.807, 2.05) is 24.3 Å². The van der Waals surface area contributed by atoms with E-state index in [9.17, 15) is 4.79 Å². The maximum Gasteiger partial charge on any atom is 0.153 e. The normalized spacial score (nSPS) is 25.0. The Morgan fingerprint density at radius 3 is 2.62 bits per heavy atom. The van der Waals surface area contributed by atoms with Crippen molar-refractivity contribution in [1.82, 2.24) is 0 Å². The summed E-state index contributed by atoms with van der Waals surface area (Å²) in [7, 11) is 0. The van der Waals surface area contributed by atoms with Crippen molar-refractivity contribution in [2.75, 3.05) is 0 Å². The van der Waals surface area contributed by atoms with Gasteiger partial charge < -0.3 is 0 Å². The van der Waals surface area contributed by atoms with Crippen molar-refractivity contribution in [1.29, 1.82) is 0 Å². The number of ketones is 1. The van der Waals surface area contributed by atoms with Crippen LogP contribution in [0.15, 0.2) is 24.3 Å². The predicted octanol–water partition coefficient (Wildman–Crippen LogP) is 4.52. The number of hydrogen-bond acceptors (Lipinski definition) is 1. The van der Waals surface area contributed by atoms with Gasteiger partial charge in [-0.25, -0.2) is 0 Å². The zero-order valence-electron chi connectivity index (χ0n) is 8.66. The van der Waals surface area contributed by atoms with E-state index in [0.29, 0.717) is 5.02 Å². The highest BCUT2D eigenvalue weighted by Gasteiger charge is 2.31. The maximum atomic E-state index is 12.0. The van der Waals surface area contributed by atoms with E-state index in [4.69, 9.17) is 11.6 Å². The van der Waals surface area contributed by atoms with Gasteiger partial charge in [0, 0.05) is 10.9 Å². The number of halogens is 3. The molecule has 1 nitrogen and oxygen atoms in total. The molecule has 0 bridgehead atoms. The fourth-order valence-corrected chi connectivity index (χ4v) is 2.98. The summed E-state index contributed by atoms with van der Waals surface area (Å²) in [6.45, 7) is 0. The molecule has 2 unspecified atom stereocenters.